The molecule has 1 aliphatic carbocycles. The van der Waals surface area contributed by atoms with Gasteiger partial charge < -0.3 is 14.9 Å². The van der Waals surface area contributed by atoms with E-state index in [1.54, 1.807) is 17.7 Å². The summed E-state index contributed by atoms with van der Waals surface area (Å²) in [6, 6.07) is 10.8. The Labute approximate surface area is 163 Å². The van der Waals surface area contributed by atoms with Crippen molar-refractivity contribution in [3.63, 3.8) is 0 Å². The molecule has 3 heterocycles. The van der Waals surface area contributed by atoms with Crippen molar-refractivity contribution in [1.82, 2.24) is 14.9 Å². The second kappa shape index (κ2) is 6.26. The minimum Gasteiger partial charge on any atom is -0.390 e. The number of thiophene rings is 1. The molecule has 2 atom stereocenters. The number of fused-ring (bicyclic) bond motifs is 3. The van der Waals surface area contributed by atoms with Crippen LogP contribution in [0.15, 0.2) is 42.0 Å². The first kappa shape index (κ1) is 17.1. The van der Waals surface area contributed by atoms with Gasteiger partial charge in [-0.05, 0) is 49.5 Å². The molecule has 1 saturated heterocycles. The molecule has 2 aliphatic rings. The maximum Gasteiger partial charge on any atom is 0.140 e. The quantitative estimate of drug-likeness (QED) is 0.740. The molecule has 27 heavy (non-hydrogen) atoms. The topological polar surface area (TPSA) is 52.5 Å². The van der Waals surface area contributed by atoms with Crippen LogP contribution in [0.5, 0.6) is 0 Å². The van der Waals surface area contributed by atoms with E-state index in [9.17, 15) is 5.11 Å². The van der Waals surface area contributed by atoms with Crippen LogP contribution in [0.2, 0.25) is 0 Å². The van der Waals surface area contributed by atoms with Crippen LogP contribution in [0.3, 0.4) is 0 Å². The number of aliphatic hydroxyl groups is 1. The van der Waals surface area contributed by atoms with E-state index in [2.05, 4.69) is 69.6 Å². The van der Waals surface area contributed by atoms with Crippen LogP contribution >= 0.6 is 11.3 Å². The molecule has 1 aliphatic heterocycles. The van der Waals surface area contributed by atoms with E-state index in [4.69, 9.17) is 0 Å². The summed E-state index contributed by atoms with van der Waals surface area (Å²) in [5.41, 5.74) is 2.45. The largest absolute Gasteiger partial charge is 0.390 e. The Morgan fingerprint density at radius 1 is 1.15 bits per heavy atom. The van der Waals surface area contributed by atoms with Crippen molar-refractivity contribution < 1.29 is 5.11 Å². The highest BCUT2D eigenvalue weighted by atomic mass is 32.1. The molecule has 0 saturated carbocycles. The molecule has 0 bridgehead atoms. The van der Waals surface area contributed by atoms with E-state index in [1.807, 2.05) is 0 Å². The normalized spacial score (nSPS) is 24.1. The number of piperidine rings is 1. The fourth-order valence-corrected chi connectivity index (χ4v) is 5.84. The SMILES string of the molecule is CN(C)[C@@H]1c2ccccc2C2(CCN(c3ncnc4sccc34)CC2)[C@H]1O. The number of hydrogen-bond acceptors (Lipinski definition) is 6. The second-order valence-electron chi connectivity index (χ2n) is 7.92. The van der Waals surface area contributed by atoms with Crippen molar-refractivity contribution >= 4 is 27.4 Å². The second-order valence-corrected chi connectivity index (χ2v) is 8.81. The number of hydrogen-bond donors (Lipinski definition) is 1. The van der Waals surface area contributed by atoms with E-state index in [0.717, 1.165) is 42.0 Å². The van der Waals surface area contributed by atoms with E-state index in [0.29, 0.717) is 0 Å². The number of anilines is 1. The molecule has 2 aromatic heterocycles. The van der Waals surface area contributed by atoms with Gasteiger partial charge in [-0.1, -0.05) is 24.3 Å². The van der Waals surface area contributed by atoms with Gasteiger partial charge in [-0.2, -0.15) is 0 Å². The van der Waals surface area contributed by atoms with Gasteiger partial charge >= 0.3 is 0 Å². The summed E-state index contributed by atoms with van der Waals surface area (Å²) in [6.07, 6.45) is 3.16. The molecule has 0 amide bonds. The number of likely N-dealkylation sites (N-methyl/N-ethyl adjacent to an activating group) is 1. The van der Waals surface area contributed by atoms with Crippen LogP contribution in [0, 0.1) is 0 Å². The minimum absolute atomic E-state index is 0.0652. The third kappa shape index (κ3) is 2.43. The van der Waals surface area contributed by atoms with E-state index < -0.39 is 0 Å². The molecule has 3 aromatic rings. The molecule has 0 unspecified atom stereocenters. The van der Waals surface area contributed by atoms with Crippen LogP contribution in [0.25, 0.3) is 10.2 Å². The van der Waals surface area contributed by atoms with Crippen molar-refractivity contribution in [2.45, 2.75) is 30.4 Å². The molecule has 0 radical (unpaired) electrons. The monoisotopic (exact) mass is 380 g/mol. The smallest absolute Gasteiger partial charge is 0.140 e. The zero-order valence-corrected chi connectivity index (χ0v) is 16.5. The Balaban J connectivity index is 1.48. The number of benzene rings is 1. The Morgan fingerprint density at radius 2 is 1.93 bits per heavy atom. The lowest BCUT2D eigenvalue weighted by Gasteiger charge is -2.43. The van der Waals surface area contributed by atoms with E-state index >= 15 is 0 Å². The van der Waals surface area contributed by atoms with Crippen molar-refractivity contribution in [1.29, 1.82) is 0 Å². The highest BCUT2D eigenvalue weighted by Gasteiger charge is 2.53. The van der Waals surface area contributed by atoms with Gasteiger partial charge in [-0.15, -0.1) is 11.3 Å². The molecule has 1 fully saturated rings. The lowest BCUT2D eigenvalue weighted by molar-refractivity contribution is 0.0166. The molecular formula is C21H24N4OS. The van der Waals surface area contributed by atoms with Gasteiger partial charge in [-0.25, -0.2) is 9.97 Å². The summed E-state index contributed by atoms with van der Waals surface area (Å²) >= 11 is 1.66. The fraction of sp³-hybridized carbons (Fsp3) is 0.429. The third-order valence-corrected chi connectivity index (χ3v) is 7.25. The first-order valence-electron chi connectivity index (χ1n) is 9.49. The number of aliphatic hydroxyl groups excluding tert-OH is 1. The minimum atomic E-state index is -0.376. The Bertz CT molecular complexity index is 977. The average molecular weight is 381 g/mol. The van der Waals surface area contributed by atoms with Crippen LogP contribution < -0.4 is 4.90 Å². The first-order valence-corrected chi connectivity index (χ1v) is 10.4. The summed E-state index contributed by atoms with van der Waals surface area (Å²) < 4.78 is 0. The lowest BCUT2D eigenvalue weighted by Crippen LogP contribution is -2.49. The van der Waals surface area contributed by atoms with Crippen LogP contribution in [0.4, 0.5) is 5.82 Å². The average Bonchev–Trinajstić information content (AvgIpc) is 3.25. The molecule has 1 N–H and O–H groups in total. The zero-order valence-electron chi connectivity index (χ0n) is 15.7. The molecule has 6 heteroatoms. The van der Waals surface area contributed by atoms with Gasteiger partial charge in [0.05, 0.1) is 17.5 Å². The summed E-state index contributed by atoms with van der Waals surface area (Å²) in [7, 11) is 4.13. The van der Waals surface area contributed by atoms with Gasteiger partial charge in [-0.3, -0.25) is 0 Å². The van der Waals surface area contributed by atoms with Crippen LogP contribution in [-0.2, 0) is 5.41 Å². The maximum absolute atomic E-state index is 11.4. The number of aromatic nitrogens is 2. The Hall–Kier alpha value is -2.02. The van der Waals surface area contributed by atoms with Crippen molar-refractivity contribution in [2.24, 2.45) is 0 Å². The number of rotatable bonds is 2. The maximum atomic E-state index is 11.4. The molecule has 140 valence electrons. The van der Waals surface area contributed by atoms with Crippen LogP contribution in [0.1, 0.15) is 30.0 Å². The summed E-state index contributed by atoms with van der Waals surface area (Å²) in [6.45, 7) is 1.79. The van der Waals surface area contributed by atoms with Crippen LogP contribution in [-0.4, -0.2) is 53.3 Å². The van der Waals surface area contributed by atoms with Gasteiger partial charge in [0.1, 0.15) is 17.0 Å². The first-order chi connectivity index (χ1) is 13.1. The predicted octanol–water partition coefficient (Wildman–Crippen LogP) is 3.21. The molecule has 1 spiro atoms. The molecule has 5 rings (SSSR count). The van der Waals surface area contributed by atoms with Gasteiger partial charge in [0, 0.05) is 18.5 Å². The van der Waals surface area contributed by atoms with Gasteiger partial charge in [0.15, 0.2) is 0 Å². The van der Waals surface area contributed by atoms with Gasteiger partial charge in [0.25, 0.3) is 0 Å². The summed E-state index contributed by atoms with van der Waals surface area (Å²) in [5, 5.41) is 14.6. The standard InChI is InChI=1S/C21H24N4OS/c1-24(2)17-14-5-3-4-6-16(14)21(18(17)26)8-10-25(11-9-21)19-15-7-12-27-20(15)23-13-22-19/h3-7,12-13,17-18,26H,8-11H2,1-2H3/t17-,18+/m1/s1. The van der Waals surface area contributed by atoms with E-state index in [-0.39, 0.29) is 17.6 Å². The van der Waals surface area contributed by atoms with E-state index in [1.165, 1.54) is 11.1 Å². The highest BCUT2D eigenvalue weighted by molar-refractivity contribution is 7.16. The highest BCUT2D eigenvalue weighted by Crippen LogP contribution is 2.52. The predicted molar refractivity (Wildman–Crippen MR) is 109 cm³/mol. The van der Waals surface area contributed by atoms with Crippen molar-refractivity contribution in [2.75, 3.05) is 32.1 Å². The lowest BCUT2D eigenvalue weighted by atomic mass is 9.72. The molecular weight excluding hydrogens is 356 g/mol. The van der Waals surface area contributed by atoms with Crippen molar-refractivity contribution in [3.8, 4) is 0 Å². The summed E-state index contributed by atoms with van der Waals surface area (Å²) in [5.74, 6) is 1.03. The fourth-order valence-electron chi connectivity index (χ4n) is 5.11. The Kier molecular flexibility index (Phi) is 3.96. The van der Waals surface area contributed by atoms with Crippen molar-refractivity contribution in [3.05, 3.63) is 53.2 Å². The zero-order chi connectivity index (χ0) is 18.6. The number of nitrogens with zero attached hydrogens (tertiary/aromatic N) is 4. The summed E-state index contributed by atoms with van der Waals surface area (Å²) in [4.78, 5) is 14.5. The third-order valence-electron chi connectivity index (χ3n) is 6.43. The molecule has 5 nitrogen and oxygen atoms in total. The Morgan fingerprint density at radius 3 is 2.70 bits per heavy atom. The van der Waals surface area contributed by atoms with Gasteiger partial charge in [0.2, 0.25) is 0 Å². The molecule has 1 aromatic carbocycles.